The highest BCUT2D eigenvalue weighted by atomic mass is 16.5. The highest BCUT2D eigenvalue weighted by molar-refractivity contribution is 5.65. The number of hydrogen-bond acceptors (Lipinski definition) is 4. The van der Waals surface area contributed by atoms with E-state index in [1.54, 1.807) is 0 Å². The standard InChI is InChI=1S/C19H31N5O/c1-5-7-24-16(4)19(15(3)21-24)18-12-20-14-23(18)17(6-2)13-22-8-10-25-11-9-22/h12,14,17H,5-11,13H2,1-4H3. The van der Waals surface area contributed by atoms with Crippen LogP contribution in [-0.4, -0.2) is 57.1 Å². The smallest absolute Gasteiger partial charge is 0.0954 e. The molecule has 3 heterocycles. The van der Waals surface area contributed by atoms with Gasteiger partial charge in [0.1, 0.15) is 0 Å². The van der Waals surface area contributed by atoms with Crippen molar-refractivity contribution in [2.45, 2.75) is 53.1 Å². The van der Waals surface area contributed by atoms with Crippen LogP contribution in [0.25, 0.3) is 11.3 Å². The molecule has 1 unspecified atom stereocenters. The Labute approximate surface area is 150 Å². The molecule has 1 aliphatic heterocycles. The van der Waals surface area contributed by atoms with Crippen LogP contribution in [0.1, 0.15) is 44.1 Å². The van der Waals surface area contributed by atoms with Gasteiger partial charge in [-0.05, 0) is 26.7 Å². The molecule has 25 heavy (non-hydrogen) atoms. The van der Waals surface area contributed by atoms with Crippen molar-refractivity contribution in [2.75, 3.05) is 32.8 Å². The van der Waals surface area contributed by atoms with E-state index in [9.17, 15) is 0 Å². The Hall–Kier alpha value is -1.66. The first-order valence-corrected chi connectivity index (χ1v) is 9.52. The summed E-state index contributed by atoms with van der Waals surface area (Å²) in [6, 6.07) is 0.420. The summed E-state index contributed by atoms with van der Waals surface area (Å²) < 4.78 is 9.96. The van der Waals surface area contributed by atoms with Crippen molar-refractivity contribution in [2.24, 2.45) is 0 Å². The maximum atomic E-state index is 5.48. The second-order valence-electron chi connectivity index (χ2n) is 6.93. The molecule has 0 radical (unpaired) electrons. The predicted octanol–water partition coefficient (Wildman–Crippen LogP) is 3.06. The zero-order valence-electron chi connectivity index (χ0n) is 16.0. The Balaban J connectivity index is 1.88. The highest BCUT2D eigenvalue weighted by Gasteiger charge is 2.22. The van der Waals surface area contributed by atoms with Crippen molar-refractivity contribution in [3.05, 3.63) is 23.9 Å². The SMILES string of the molecule is CCCn1nc(C)c(-c2cncn2C(CC)CN2CCOCC2)c1C. The molecule has 0 saturated carbocycles. The van der Waals surface area contributed by atoms with E-state index in [4.69, 9.17) is 9.84 Å². The normalized spacial score (nSPS) is 17.1. The summed E-state index contributed by atoms with van der Waals surface area (Å²) in [5.41, 5.74) is 4.76. The highest BCUT2D eigenvalue weighted by Crippen LogP contribution is 2.30. The summed E-state index contributed by atoms with van der Waals surface area (Å²) in [7, 11) is 0. The Morgan fingerprint density at radius 1 is 1.20 bits per heavy atom. The van der Waals surface area contributed by atoms with Crippen LogP contribution in [0.5, 0.6) is 0 Å². The Kier molecular flexibility index (Phi) is 5.91. The lowest BCUT2D eigenvalue weighted by atomic mass is 10.1. The fourth-order valence-corrected chi connectivity index (χ4v) is 3.78. The van der Waals surface area contributed by atoms with Crippen LogP contribution in [0.2, 0.25) is 0 Å². The summed E-state index contributed by atoms with van der Waals surface area (Å²) in [5, 5.41) is 4.75. The number of aryl methyl sites for hydroxylation is 2. The van der Waals surface area contributed by atoms with Gasteiger partial charge in [-0.2, -0.15) is 5.10 Å². The predicted molar refractivity (Wildman–Crippen MR) is 99.8 cm³/mol. The molecule has 2 aromatic rings. The molecule has 1 atom stereocenters. The van der Waals surface area contributed by atoms with E-state index in [-0.39, 0.29) is 0 Å². The van der Waals surface area contributed by atoms with Gasteiger partial charge in [0.2, 0.25) is 0 Å². The maximum Gasteiger partial charge on any atom is 0.0954 e. The molecule has 0 aliphatic carbocycles. The summed E-state index contributed by atoms with van der Waals surface area (Å²) >= 11 is 0. The number of morpholine rings is 1. The second-order valence-corrected chi connectivity index (χ2v) is 6.93. The van der Waals surface area contributed by atoms with Gasteiger partial charge in [-0.1, -0.05) is 13.8 Å². The zero-order chi connectivity index (χ0) is 17.8. The second kappa shape index (κ2) is 8.15. The molecule has 0 aromatic carbocycles. The fraction of sp³-hybridized carbons (Fsp3) is 0.684. The van der Waals surface area contributed by atoms with E-state index in [0.717, 1.165) is 57.9 Å². The molecule has 6 nitrogen and oxygen atoms in total. The molecule has 3 rings (SSSR count). The van der Waals surface area contributed by atoms with Crippen LogP contribution in [0.3, 0.4) is 0 Å². The number of rotatable bonds is 7. The first-order valence-electron chi connectivity index (χ1n) is 9.52. The van der Waals surface area contributed by atoms with Crippen molar-refractivity contribution < 1.29 is 4.74 Å². The van der Waals surface area contributed by atoms with Crippen molar-refractivity contribution in [3.8, 4) is 11.3 Å². The van der Waals surface area contributed by atoms with Gasteiger partial charge >= 0.3 is 0 Å². The van der Waals surface area contributed by atoms with E-state index in [1.165, 1.54) is 17.0 Å². The number of hydrogen-bond donors (Lipinski definition) is 0. The van der Waals surface area contributed by atoms with Crippen LogP contribution in [0, 0.1) is 13.8 Å². The van der Waals surface area contributed by atoms with Gasteiger partial charge in [0, 0.05) is 43.5 Å². The molecule has 6 heteroatoms. The Bertz CT molecular complexity index is 684. The molecular formula is C19H31N5O. The van der Waals surface area contributed by atoms with Gasteiger partial charge in [0.05, 0.1) is 37.1 Å². The summed E-state index contributed by atoms with van der Waals surface area (Å²) in [6.45, 7) is 14.5. The lowest BCUT2D eigenvalue weighted by molar-refractivity contribution is 0.0313. The van der Waals surface area contributed by atoms with Crippen LogP contribution >= 0.6 is 0 Å². The average molecular weight is 345 g/mol. The summed E-state index contributed by atoms with van der Waals surface area (Å²) in [6.07, 6.45) is 6.16. The molecule has 0 N–H and O–H groups in total. The van der Waals surface area contributed by atoms with Crippen LogP contribution in [0.15, 0.2) is 12.5 Å². The minimum absolute atomic E-state index is 0.420. The molecule has 1 aliphatic rings. The molecule has 0 spiro atoms. The monoisotopic (exact) mass is 345 g/mol. The third-order valence-corrected chi connectivity index (χ3v) is 5.18. The van der Waals surface area contributed by atoms with E-state index < -0.39 is 0 Å². The largest absolute Gasteiger partial charge is 0.379 e. The fourth-order valence-electron chi connectivity index (χ4n) is 3.78. The van der Waals surface area contributed by atoms with Gasteiger partial charge in [0.15, 0.2) is 0 Å². The van der Waals surface area contributed by atoms with Crippen molar-refractivity contribution >= 4 is 0 Å². The van der Waals surface area contributed by atoms with E-state index >= 15 is 0 Å². The van der Waals surface area contributed by atoms with Gasteiger partial charge in [-0.3, -0.25) is 9.58 Å². The first-order chi connectivity index (χ1) is 12.2. The van der Waals surface area contributed by atoms with Crippen molar-refractivity contribution in [1.29, 1.82) is 0 Å². The van der Waals surface area contributed by atoms with Crippen molar-refractivity contribution in [3.63, 3.8) is 0 Å². The number of aromatic nitrogens is 4. The third-order valence-electron chi connectivity index (χ3n) is 5.18. The van der Waals surface area contributed by atoms with Crippen LogP contribution < -0.4 is 0 Å². The van der Waals surface area contributed by atoms with Gasteiger partial charge < -0.3 is 9.30 Å². The lowest BCUT2D eigenvalue weighted by Crippen LogP contribution is -2.39. The third kappa shape index (κ3) is 3.80. The molecule has 1 saturated heterocycles. The topological polar surface area (TPSA) is 48.1 Å². The van der Waals surface area contributed by atoms with Gasteiger partial charge in [-0.15, -0.1) is 0 Å². The van der Waals surface area contributed by atoms with Crippen molar-refractivity contribution in [1.82, 2.24) is 24.2 Å². The van der Waals surface area contributed by atoms with E-state index in [1.807, 2.05) is 12.5 Å². The van der Waals surface area contributed by atoms with E-state index in [2.05, 4.69) is 46.8 Å². The molecule has 0 amide bonds. The van der Waals surface area contributed by atoms with Crippen LogP contribution in [-0.2, 0) is 11.3 Å². The molecule has 2 aromatic heterocycles. The molecule has 0 bridgehead atoms. The summed E-state index contributed by atoms with van der Waals surface area (Å²) in [5.74, 6) is 0. The Morgan fingerprint density at radius 2 is 1.96 bits per heavy atom. The summed E-state index contributed by atoms with van der Waals surface area (Å²) in [4.78, 5) is 6.98. The molecule has 138 valence electrons. The minimum Gasteiger partial charge on any atom is -0.379 e. The zero-order valence-corrected chi connectivity index (χ0v) is 16.0. The van der Waals surface area contributed by atoms with Crippen LogP contribution in [0.4, 0.5) is 0 Å². The minimum atomic E-state index is 0.420. The molecular weight excluding hydrogens is 314 g/mol. The van der Waals surface area contributed by atoms with E-state index in [0.29, 0.717) is 6.04 Å². The quantitative estimate of drug-likeness (QED) is 0.774. The Morgan fingerprint density at radius 3 is 2.64 bits per heavy atom. The first kappa shape index (κ1) is 18.1. The number of ether oxygens (including phenoxy) is 1. The number of imidazole rings is 1. The molecule has 1 fully saturated rings. The maximum absolute atomic E-state index is 5.48. The number of nitrogens with zero attached hydrogens (tertiary/aromatic N) is 5. The lowest BCUT2D eigenvalue weighted by Gasteiger charge is -2.31. The van der Waals surface area contributed by atoms with Gasteiger partial charge in [-0.25, -0.2) is 4.98 Å². The average Bonchev–Trinajstić information content (AvgIpc) is 3.19. The van der Waals surface area contributed by atoms with Gasteiger partial charge in [0.25, 0.3) is 0 Å².